The zero-order chi connectivity index (χ0) is 12.6. The Balaban J connectivity index is 1.72. The second kappa shape index (κ2) is 4.37. The predicted octanol–water partition coefficient (Wildman–Crippen LogP) is 2.52. The van der Waals surface area contributed by atoms with Crippen molar-refractivity contribution in [2.45, 2.75) is 57.3 Å². The lowest BCUT2D eigenvalue weighted by molar-refractivity contribution is -0.139. The van der Waals surface area contributed by atoms with Crippen LogP contribution in [0.1, 0.15) is 62.6 Å². The van der Waals surface area contributed by atoms with E-state index in [-0.39, 0.29) is 11.8 Å². The highest BCUT2D eigenvalue weighted by molar-refractivity contribution is 5.67. The summed E-state index contributed by atoms with van der Waals surface area (Å²) in [5.41, 5.74) is -0.154. The van der Waals surface area contributed by atoms with Gasteiger partial charge in [-0.15, -0.1) is 10.2 Å². The van der Waals surface area contributed by atoms with Gasteiger partial charge in [-0.05, 0) is 31.1 Å². The van der Waals surface area contributed by atoms with E-state index in [1.54, 1.807) is 0 Å². The predicted molar refractivity (Wildman–Crippen MR) is 63.1 cm³/mol. The Morgan fingerprint density at radius 2 is 2.06 bits per heavy atom. The van der Waals surface area contributed by atoms with Crippen molar-refractivity contribution in [1.29, 1.82) is 0 Å². The molecule has 0 amide bonds. The van der Waals surface area contributed by atoms with Crippen molar-refractivity contribution >= 4 is 5.97 Å². The quantitative estimate of drug-likeness (QED) is 0.868. The summed E-state index contributed by atoms with van der Waals surface area (Å²) in [6.45, 7) is 0. The summed E-state index contributed by atoms with van der Waals surface area (Å²) in [4.78, 5) is 11.0. The molecule has 2 aliphatic rings. The van der Waals surface area contributed by atoms with Gasteiger partial charge in [0.2, 0.25) is 11.8 Å². The molecule has 2 aliphatic carbocycles. The first-order chi connectivity index (χ1) is 8.67. The van der Waals surface area contributed by atoms with Crippen molar-refractivity contribution in [2.24, 2.45) is 5.41 Å². The average molecular weight is 250 g/mol. The van der Waals surface area contributed by atoms with Gasteiger partial charge in [0.15, 0.2) is 0 Å². The van der Waals surface area contributed by atoms with Gasteiger partial charge in [0.25, 0.3) is 0 Å². The maximum absolute atomic E-state index is 11.0. The van der Waals surface area contributed by atoms with Crippen LogP contribution in [0.3, 0.4) is 0 Å². The smallest absolute Gasteiger partial charge is 0.303 e. The minimum Gasteiger partial charge on any atom is -0.481 e. The van der Waals surface area contributed by atoms with Crippen LogP contribution in [0.4, 0.5) is 0 Å². The third kappa shape index (κ3) is 2.40. The molecule has 0 spiro atoms. The number of carbonyl (C=O) groups is 1. The molecule has 0 bridgehead atoms. The van der Waals surface area contributed by atoms with Crippen molar-refractivity contribution in [3.05, 3.63) is 11.8 Å². The molecule has 2 fully saturated rings. The minimum absolute atomic E-state index is 0.154. The normalized spacial score (nSPS) is 22.2. The molecule has 18 heavy (non-hydrogen) atoms. The van der Waals surface area contributed by atoms with E-state index in [4.69, 9.17) is 9.52 Å². The highest BCUT2D eigenvalue weighted by atomic mass is 16.4. The lowest BCUT2D eigenvalue weighted by Crippen LogP contribution is -2.23. The molecular weight excluding hydrogens is 232 g/mol. The molecule has 1 heterocycles. The Morgan fingerprint density at radius 3 is 2.67 bits per heavy atom. The maximum atomic E-state index is 11.0. The summed E-state index contributed by atoms with van der Waals surface area (Å²) in [6.07, 6.45) is 7.26. The van der Waals surface area contributed by atoms with Crippen LogP contribution in [0, 0.1) is 5.41 Å². The molecule has 1 aromatic heterocycles. The lowest BCUT2D eigenvalue weighted by atomic mass is 9.79. The van der Waals surface area contributed by atoms with Gasteiger partial charge in [-0.25, -0.2) is 0 Å². The number of nitrogens with zero attached hydrogens (tertiary/aromatic N) is 2. The molecule has 5 heteroatoms. The van der Waals surface area contributed by atoms with E-state index >= 15 is 0 Å². The summed E-state index contributed by atoms with van der Waals surface area (Å²) >= 11 is 0. The van der Waals surface area contributed by atoms with Crippen LogP contribution in [0.25, 0.3) is 0 Å². The fourth-order valence-electron chi connectivity index (χ4n) is 3.02. The van der Waals surface area contributed by atoms with Gasteiger partial charge in [-0.2, -0.15) is 0 Å². The van der Waals surface area contributed by atoms with Gasteiger partial charge in [0.1, 0.15) is 0 Å². The summed E-state index contributed by atoms with van der Waals surface area (Å²) < 4.78 is 5.66. The van der Waals surface area contributed by atoms with E-state index in [2.05, 4.69) is 10.2 Å². The van der Waals surface area contributed by atoms with Crippen molar-refractivity contribution in [1.82, 2.24) is 10.2 Å². The molecule has 0 aromatic carbocycles. The van der Waals surface area contributed by atoms with Gasteiger partial charge in [-0.3, -0.25) is 4.79 Å². The van der Waals surface area contributed by atoms with Gasteiger partial charge in [0.05, 0.1) is 6.42 Å². The summed E-state index contributed by atoms with van der Waals surface area (Å²) in [5.74, 6) is 1.11. The average Bonchev–Trinajstić information content (AvgIpc) is 2.90. The molecule has 0 saturated heterocycles. The summed E-state index contributed by atoms with van der Waals surface area (Å²) in [7, 11) is 0. The number of carboxylic acids is 1. The van der Waals surface area contributed by atoms with Crippen LogP contribution >= 0.6 is 0 Å². The SMILES string of the molecule is O=C(O)CC1(Cc2nnc(C3CC3)o2)CCCC1. The van der Waals surface area contributed by atoms with Gasteiger partial charge >= 0.3 is 5.97 Å². The van der Waals surface area contributed by atoms with Crippen molar-refractivity contribution in [3.8, 4) is 0 Å². The van der Waals surface area contributed by atoms with Gasteiger partial charge in [-0.1, -0.05) is 12.8 Å². The Labute approximate surface area is 106 Å². The molecule has 0 radical (unpaired) electrons. The molecule has 3 rings (SSSR count). The van der Waals surface area contributed by atoms with Crippen LogP contribution < -0.4 is 0 Å². The molecular formula is C13H18N2O3. The third-order valence-corrected chi connectivity index (χ3v) is 4.13. The molecule has 2 saturated carbocycles. The fraction of sp³-hybridized carbons (Fsp3) is 0.769. The molecule has 0 atom stereocenters. The number of carboxylic acid groups (broad SMARTS) is 1. The van der Waals surface area contributed by atoms with Gasteiger partial charge < -0.3 is 9.52 Å². The second-order valence-corrected chi connectivity index (χ2v) is 5.76. The fourth-order valence-corrected chi connectivity index (χ4v) is 3.02. The Bertz CT molecular complexity index is 445. The van der Waals surface area contributed by atoms with Crippen LogP contribution in [0.15, 0.2) is 4.42 Å². The minimum atomic E-state index is -0.723. The Morgan fingerprint density at radius 1 is 1.33 bits per heavy atom. The van der Waals surface area contributed by atoms with Crippen molar-refractivity contribution < 1.29 is 14.3 Å². The zero-order valence-electron chi connectivity index (χ0n) is 10.4. The molecule has 0 unspecified atom stereocenters. The molecule has 1 aromatic rings. The Hall–Kier alpha value is -1.39. The number of hydrogen-bond donors (Lipinski definition) is 1. The number of aromatic nitrogens is 2. The first-order valence-corrected chi connectivity index (χ1v) is 6.71. The lowest BCUT2D eigenvalue weighted by Gasteiger charge is -2.24. The highest BCUT2D eigenvalue weighted by Crippen LogP contribution is 2.44. The topological polar surface area (TPSA) is 76.2 Å². The molecule has 5 nitrogen and oxygen atoms in total. The van der Waals surface area contributed by atoms with Crippen LogP contribution in [0.5, 0.6) is 0 Å². The van der Waals surface area contributed by atoms with Crippen molar-refractivity contribution in [3.63, 3.8) is 0 Å². The van der Waals surface area contributed by atoms with E-state index in [0.29, 0.717) is 18.2 Å². The molecule has 98 valence electrons. The van der Waals surface area contributed by atoms with Crippen LogP contribution in [0.2, 0.25) is 0 Å². The first kappa shape index (κ1) is 11.7. The second-order valence-electron chi connectivity index (χ2n) is 5.76. The molecule has 1 N–H and O–H groups in total. The number of rotatable bonds is 5. The monoisotopic (exact) mass is 250 g/mol. The third-order valence-electron chi connectivity index (χ3n) is 4.13. The van der Waals surface area contributed by atoms with E-state index in [1.165, 1.54) is 0 Å². The number of hydrogen-bond acceptors (Lipinski definition) is 4. The zero-order valence-corrected chi connectivity index (χ0v) is 10.4. The maximum Gasteiger partial charge on any atom is 0.303 e. The first-order valence-electron chi connectivity index (χ1n) is 6.71. The summed E-state index contributed by atoms with van der Waals surface area (Å²) in [5, 5.41) is 17.2. The summed E-state index contributed by atoms with van der Waals surface area (Å²) in [6, 6.07) is 0. The van der Waals surface area contributed by atoms with Crippen molar-refractivity contribution in [2.75, 3.05) is 0 Å². The van der Waals surface area contributed by atoms with Crippen LogP contribution in [-0.2, 0) is 11.2 Å². The van der Waals surface area contributed by atoms with E-state index in [9.17, 15) is 4.79 Å². The van der Waals surface area contributed by atoms with E-state index in [1.807, 2.05) is 0 Å². The largest absolute Gasteiger partial charge is 0.481 e. The van der Waals surface area contributed by atoms with Crippen LogP contribution in [-0.4, -0.2) is 21.3 Å². The van der Waals surface area contributed by atoms with Gasteiger partial charge in [0, 0.05) is 12.3 Å². The molecule has 0 aliphatic heterocycles. The standard InChI is InChI=1S/C13H18N2O3/c16-11(17)8-13(5-1-2-6-13)7-10-14-15-12(18-10)9-3-4-9/h9H,1-8H2,(H,16,17). The highest BCUT2D eigenvalue weighted by Gasteiger charge is 2.38. The van der Waals surface area contributed by atoms with E-state index in [0.717, 1.165) is 44.4 Å². The number of aliphatic carboxylic acids is 1. The van der Waals surface area contributed by atoms with E-state index < -0.39 is 5.97 Å². The Kier molecular flexibility index (Phi) is 2.84.